The van der Waals surface area contributed by atoms with Gasteiger partial charge in [-0.1, -0.05) is 88.8 Å². The first-order chi connectivity index (χ1) is 22.7. The Balaban J connectivity index is -0.000000644. The van der Waals surface area contributed by atoms with E-state index in [1.165, 1.54) is 39.5 Å². The molecule has 4 nitrogen and oxygen atoms in total. The molecule has 0 N–H and O–H groups in total. The predicted molar refractivity (Wildman–Crippen MR) is 236 cm³/mol. The summed E-state index contributed by atoms with van der Waals surface area (Å²) in [5.41, 5.74) is 4.96. The average molecular weight is 819 g/mol. The zero-order valence-corrected chi connectivity index (χ0v) is 39.4. The van der Waals surface area contributed by atoms with Crippen molar-refractivity contribution in [2.45, 2.75) is 46.0 Å². The standard InChI is InChI=1S/C18H26N2Si.C8H10BrN.C8H10N.C4H9.C2H6Cl2Si.2Li/c1-19(2)15-9-7-11-17(13-15)21(5,6)18-12-8-10-16(14-18)20(3)4;1-10(2)8-5-3-4-7(9)6-8;1-9(2)8-6-4-3-5-7-8;1-3-4-2;1-5(2,3)4;;/h7-14H,1-6H3;3-6H,1-2H3;3-4,6-7H,1-2H3;1,3-4H2,2H3;1-2H3;;/q;;2*-1;;2*+1. The van der Waals surface area contributed by atoms with Gasteiger partial charge in [-0.3, -0.25) is 0 Å². The Labute approximate surface area is 357 Å². The molecule has 0 saturated heterocycles. The molecule has 0 bridgehead atoms. The molecule has 11 heteroatoms. The summed E-state index contributed by atoms with van der Waals surface area (Å²) >= 11 is 14.3. The van der Waals surface area contributed by atoms with Crippen LogP contribution in [0, 0.1) is 13.0 Å². The van der Waals surface area contributed by atoms with Crippen LogP contribution in [0.5, 0.6) is 0 Å². The quantitative estimate of drug-likeness (QED) is 0.155. The topological polar surface area (TPSA) is 13.0 Å². The van der Waals surface area contributed by atoms with Crippen molar-refractivity contribution in [2.75, 3.05) is 76.0 Å². The molecule has 51 heavy (non-hydrogen) atoms. The smallest absolute Gasteiger partial charge is 0.429 e. The zero-order valence-electron chi connectivity index (χ0n) is 34.3. The molecular weight excluding hydrogens is 757 g/mol. The van der Waals surface area contributed by atoms with Gasteiger partial charge in [-0.2, -0.15) is 30.7 Å². The van der Waals surface area contributed by atoms with Crippen LogP contribution < -0.4 is 67.7 Å². The van der Waals surface area contributed by atoms with Gasteiger partial charge >= 0.3 is 37.7 Å². The summed E-state index contributed by atoms with van der Waals surface area (Å²) < 4.78 is 1.12. The fraction of sp³-hybridized carbons (Fsp3) is 0.375. The molecule has 0 aliphatic heterocycles. The number of halogens is 3. The second kappa shape index (κ2) is 28.2. The monoisotopic (exact) mass is 816 g/mol. The molecule has 272 valence electrons. The van der Waals surface area contributed by atoms with Crippen LogP contribution in [-0.4, -0.2) is 71.1 Å². The largest absolute Gasteiger partial charge is 1.00 e. The molecule has 0 fully saturated rings. The van der Waals surface area contributed by atoms with Gasteiger partial charge in [0.05, 0.1) is 0 Å². The number of hydrogen-bond donors (Lipinski definition) is 0. The molecule has 4 aromatic carbocycles. The van der Waals surface area contributed by atoms with E-state index < -0.39 is 14.8 Å². The summed E-state index contributed by atoms with van der Waals surface area (Å²) in [6.45, 7) is 12.6. The third kappa shape index (κ3) is 24.7. The van der Waals surface area contributed by atoms with Gasteiger partial charge in [0.15, 0.2) is 0 Å². The summed E-state index contributed by atoms with van der Waals surface area (Å²) in [5.74, 6) is 0. The third-order valence-corrected chi connectivity index (χ3v) is 11.1. The number of anilines is 4. The fourth-order valence-electron chi connectivity index (χ4n) is 3.93. The molecule has 0 unspecified atom stereocenters. The summed E-state index contributed by atoms with van der Waals surface area (Å²) in [6, 6.07) is 37.0. The molecular formula is C40H61BrCl2Li2N4Si2. The van der Waals surface area contributed by atoms with Gasteiger partial charge in [0.25, 0.3) is 0 Å². The van der Waals surface area contributed by atoms with Gasteiger partial charge in [-0.05, 0) is 69.7 Å². The zero-order chi connectivity index (χ0) is 37.8. The van der Waals surface area contributed by atoms with Gasteiger partial charge in [0.2, 0.25) is 6.69 Å². The second-order valence-electron chi connectivity index (χ2n) is 13.2. The molecule has 0 heterocycles. The molecule has 0 amide bonds. The van der Waals surface area contributed by atoms with E-state index in [2.05, 4.69) is 163 Å². The van der Waals surface area contributed by atoms with Gasteiger partial charge in [-0.15, -0.1) is 28.2 Å². The summed E-state index contributed by atoms with van der Waals surface area (Å²) in [7, 11) is 14.8. The molecule has 0 aliphatic rings. The number of rotatable bonds is 7. The molecule has 0 aromatic heterocycles. The Morgan fingerprint density at radius 1 is 0.608 bits per heavy atom. The number of nitrogens with zero attached hydrogens (tertiary/aromatic N) is 4. The van der Waals surface area contributed by atoms with Crippen LogP contribution in [0.3, 0.4) is 0 Å². The van der Waals surface area contributed by atoms with E-state index in [4.69, 9.17) is 22.2 Å². The van der Waals surface area contributed by atoms with E-state index in [0.29, 0.717) is 0 Å². The van der Waals surface area contributed by atoms with Crippen molar-refractivity contribution in [3.63, 3.8) is 0 Å². The van der Waals surface area contributed by atoms with E-state index in [9.17, 15) is 0 Å². The van der Waals surface area contributed by atoms with E-state index >= 15 is 0 Å². The Hall–Kier alpha value is -1.23. The van der Waals surface area contributed by atoms with E-state index in [0.717, 1.165) is 10.9 Å². The molecule has 0 radical (unpaired) electrons. The Kier molecular flexibility index (Phi) is 30.0. The van der Waals surface area contributed by atoms with Gasteiger partial charge in [-0.25, -0.2) is 0 Å². The maximum atomic E-state index is 5.43. The molecule has 4 rings (SSSR count). The maximum absolute atomic E-state index is 5.43. The molecule has 0 spiro atoms. The van der Waals surface area contributed by atoms with Crippen molar-refractivity contribution in [1.82, 2.24) is 0 Å². The minimum Gasteiger partial charge on any atom is -0.429 e. The minimum atomic E-state index is -1.67. The maximum Gasteiger partial charge on any atom is 1.00 e. The van der Waals surface area contributed by atoms with Gasteiger partial charge in [0, 0.05) is 63.8 Å². The second-order valence-corrected chi connectivity index (χ2v) is 27.5. The van der Waals surface area contributed by atoms with Crippen molar-refractivity contribution >= 4 is 86.0 Å². The summed E-state index contributed by atoms with van der Waals surface area (Å²) in [6.07, 6.45) is 2.28. The van der Waals surface area contributed by atoms with Crippen molar-refractivity contribution in [3.05, 3.63) is 115 Å². The van der Waals surface area contributed by atoms with Crippen LogP contribution in [0.1, 0.15) is 19.8 Å². The van der Waals surface area contributed by atoms with Crippen LogP contribution in [0.25, 0.3) is 0 Å². The molecule has 4 aromatic rings. The average Bonchev–Trinajstić information content (AvgIpc) is 3.05. The van der Waals surface area contributed by atoms with Crippen LogP contribution >= 0.6 is 38.1 Å². The first-order valence-corrected chi connectivity index (χ1v) is 25.3. The van der Waals surface area contributed by atoms with Crippen LogP contribution in [0.15, 0.2) is 102 Å². The summed E-state index contributed by atoms with van der Waals surface area (Å²) in [5, 5.41) is 2.95. The van der Waals surface area contributed by atoms with Gasteiger partial charge in [0.1, 0.15) is 8.07 Å². The van der Waals surface area contributed by atoms with E-state index in [1.54, 1.807) is 0 Å². The SMILES string of the molecule is CN(C)c1c[c-]ccc1.CN(C)c1cccc(Br)c1.CN(C)c1cccc([Si](C)(C)c2cccc(N(C)C)c2)c1.C[Si](C)(Cl)Cl.[CH2-]CCC.[Li+].[Li+]. The van der Waals surface area contributed by atoms with Crippen LogP contribution in [0.2, 0.25) is 26.2 Å². The van der Waals surface area contributed by atoms with E-state index in [1.807, 2.05) is 71.6 Å². The normalized spacial score (nSPS) is 9.90. The predicted octanol–water partition coefficient (Wildman–Crippen LogP) is 4.50. The van der Waals surface area contributed by atoms with Gasteiger partial charge < -0.3 is 26.5 Å². The minimum absolute atomic E-state index is 0. The molecule has 0 atom stereocenters. The fourth-order valence-corrected chi connectivity index (χ4v) is 6.69. The Bertz CT molecular complexity index is 1390. The Morgan fingerprint density at radius 2 is 0.941 bits per heavy atom. The number of benzene rings is 4. The molecule has 0 saturated carbocycles. The van der Waals surface area contributed by atoms with Crippen LogP contribution in [-0.2, 0) is 0 Å². The van der Waals surface area contributed by atoms with Crippen molar-refractivity contribution < 1.29 is 37.7 Å². The third-order valence-electron chi connectivity index (χ3n) is 7.05. The van der Waals surface area contributed by atoms with Crippen molar-refractivity contribution in [1.29, 1.82) is 0 Å². The van der Waals surface area contributed by atoms with Crippen LogP contribution in [0.4, 0.5) is 22.7 Å². The van der Waals surface area contributed by atoms with Crippen molar-refractivity contribution in [2.24, 2.45) is 0 Å². The van der Waals surface area contributed by atoms with E-state index in [-0.39, 0.29) is 37.7 Å². The Morgan fingerprint density at radius 3 is 1.20 bits per heavy atom. The number of hydrogen-bond acceptors (Lipinski definition) is 4. The molecule has 0 aliphatic carbocycles. The first-order valence-electron chi connectivity index (χ1n) is 16.5. The number of unbranched alkanes of at least 4 members (excludes halogenated alkanes) is 1. The summed E-state index contributed by atoms with van der Waals surface area (Å²) in [4.78, 5) is 8.47. The van der Waals surface area contributed by atoms with Crippen molar-refractivity contribution in [3.8, 4) is 0 Å². The first kappa shape index (κ1) is 54.1.